The molecule has 0 spiro atoms. The Morgan fingerprint density at radius 2 is 1.90 bits per heavy atom. The van der Waals surface area contributed by atoms with Gasteiger partial charge >= 0.3 is 0 Å². The normalized spacial score (nSPS) is 8.00. The predicted molar refractivity (Wildman–Crippen MR) is 38.1 cm³/mol. The van der Waals surface area contributed by atoms with Crippen LogP contribution in [-0.4, -0.2) is 9.91 Å². The van der Waals surface area contributed by atoms with Gasteiger partial charge in [-0.1, -0.05) is 0 Å². The van der Waals surface area contributed by atoms with Crippen LogP contribution in [0.15, 0.2) is 24.5 Å². The second-order valence-electron chi connectivity index (χ2n) is 1.46. The van der Waals surface area contributed by atoms with E-state index in [-0.39, 0.29) is 18.1 Å². The summed E-state index contributed by atoms with van der Waals surface area (Å²) in [5, 5.41) is 9.98. The Bertz CT molecular complexity index is 214. The largest absolute Gasteiger partial charge is 0.272 e. The van der Waals surface area contributed by atoms with Gasteiger partial charge in [0.2, 0.25) is 0 Å². The molecule has 0 aromatic carbocycles. The van der Waals surface area contributed by atoms with Crippen LogP contribution in [0.2, 0.25) is 0 Å². The van der Waals surface area contributed by atoms with E-state index in [0.717, 1.165) is 0 Å². The molecule has 1 heterocycles. The van der Waals surface area contributed by atoms with Crippen molar-refractivity contribution in [2.45, 2.75) is 0 Å². The molecule has 0 aliphatic carbocycles. The highest BCUT2D eigenvalue weighted by Gasteiger charge is 1.99. The monoisotopic (exact) mass is 160 g/mol. The molecule has 0 atom stereocenters. The summed E-state index contributed by atoms with van der Waals surface area (Å²) in [6.45, 7) is 0. The summed E-state index contributed by atoms with van der Waals surface area (Å²) in [5.74, 6) is 0. The van der Waals surface area contributed by atoms with Gasteiger partial charge in [-0.2, -0.15) is 0 Å². The Morgan fingerprint density at radius 1 is 1.40 bits per heavy atom. The molecule has 0 radical (unpaired) electrons. The highest BCUT2D eigenvalue weighted by molar-refractivity contribution is 5.85. The first-order chi connectivity index (χ1) is 4.30. The molecule has 0 unspecified atom stereocenters. The van der Waals surface area contributed by atoms with Crippen LogP contribution in [0.5, 0.6) is 0 Å². The quantitative estimate of drug-likeness (QED) is 0.461. The molecule has 0 saturated carbocycles. The summed E-state index contributed by atoms with van der Waals surface area (Å²) in [6.07, 6.45) is 2.77. The van der Waals surface area contributed by atoms with E-state index in [1.807, 2.05) is 0 Å². The van der Waals surface area contributed by atoms with Crippen molar-refractivity contribution in [3.05, 3.63) is 34.6 Å². The van der Waals surface area contributed by atoms with Crippen LogP contribution >= 0.6 is 12.4 Å². The molecule has 0 fully saturated rings. The average Bonchev–Trinajstić information content (AvgIpc) is 1.90. The average molecular weight is 161 g/mol. The fourth-order valence-corrected chi connectivity index (χ4v) is 0.466. The van der Waals surface area contributed by atoms with Gasteiger partial charge in [0, 0.05) is 24.5 Å². The van der Waals surface area contributed by atoms with Crippen LogP contribution < -0.4 is 0 Å². The summed E-state index contributed by atoms with van der Waals surface area (Å²) >= 11 is 0. The molecular weight excluding hydrogens is 156 g/mol. The minimum Gasteiger partial charge on any atom is -0.264 e. The first kappa shape index (κ1) is 8.84. The Labute approximate surface area is 63.5 Å². The third kappa shape index (κ3) is 1.99. The Balaban J connectivity index is 0.000000810. The predicted octanol–water partition coefficient (Wildman–Crippen LogP) is 1.41. The lowest BCUT2D eigenvalue weighted by molar-refractivity contribution is -0.384. The van der Waals surface area contributed by atoms with Gasteiger partial charge in [0.15, 0.2) is 0 Å². The molecule has 0 bridgehead atoms. The van der Waals surface area contributed by atoms with Crippen molar-refractivity contribution in [2.24, 2.45) is 0 Å². The standard InChI is InChI=1S/C5H4N2O2.ClH/c8-7(9)5-1-3-6-4-2-5;/h1-4H;1H. The van der Waals surface area contributed by atoms with Gasteiger partial charge in [-0.15, -0.1) is 12.4 Å². The van der Waals surface area contributed by atoms with Gasteiger partial charge in [-0.25, -0.2) is 0 Å². The molecule has 1 aromatic rings. The molecule has 0 aliphatic rings. The summed E-state index contributed by atoms with van der Waals surface area (Å²) in [7, 11) is 0. The number of nitrogens with zero attached hydrogens (tertiary/aromatic N) is 2. The third-order valence-corrected chi connectivity index (χ3v) is 0.874. The van der Waals surface area contributed by atoms with Gasteiger partial charge in [-0.05, 0) is 0 Å². The van der Waals surface area contributed by atoms with Gasteiger partial charge in [0.1, 0.15) is 0 Å². The van der Waals surface area contributed by atoms with E-state index < -0.39 is 4.92 Å². The van der Waals surface area contributed by atoms with E-state index in [4.69, 9.17) is 0 Å². The van der Waals surface area contributed by atoms with E-state index in [9.17, 15) is 10.1 Å². The number of rotatable bonds is 1. The minimum atomic E-state index is -0.457. The summed E-state index contributed by atoms with van der Waals surface area (Å²) < 4.78 is 0. The molecule has 0 aliphatic heterocycles. The molecule has 1 aromatic heterocycles. The van der Waals surface area contributed by atoms with Crippen LogP contribution in [0.4, 0.5) is 5.69 Å². The van der Waals surface area contributed by atoms with Gasteiger partial charge in [0.05, 0.1) is 4.92 Å². The van der Waals surface area contributed by atoms with Crippen molar-refractivity contribution in [1.82, 2.24) is 4.98 Å². The van der Waals surface area contributed by atoms with E-state index in [1.165, 1.54) is 24.5 Å². The van der Waals surface area contributed by atoms with Crippen molar-refractivity contribution < 1.29 is 4.92 Å². The summed E-state index contributed by atoms with van der Waals surface area (Å²) in [5.41, 5.74) is 0.0741. The van der Waals surface area contributed by atoms with Crippen LogP contribution in [0.1, 0.15) is 0 Å². The van der Waals surface area contributed by atoms with E-state index >= 15 is 0 Å². The van der Waals surface area contributed by atoms with E-state index in [0.29, 0.717) is 0 Å². The fourth-order valence-electron chi connectivity index (χ4n) is 0.466. The fraction of sp³-hybridized carbons (Fsp3) is 0. The lowest BCUT2D eigenvalue weighted by Gasteiger charge is -1.84. The SMILES string of the molecule is Cl.O=[N+]([O-])c1ccncc1. The zero-order chi connectivity index (χ0) is 6.69. The molecule has 54 valence electrons. The molecule has 0 saturated heterocycles. The van der Waals surface area contributed by atoms with Crippen molar-refractivity contribution in [2.75, 3.05) is 0 Å². The maximum atomic E-state index is 9.98. The summed E-state index contributed by atoms with van der Waals surface area (Å²) in [4.78, 5) is 13.1. The summed E-state index contributed by atoms with van der Waals surface area (Å²) in [6, 6.07) is 2.69. The molecule has 5 heteroatoms. The first-order valence-electron chi connectivity index (χ1n) is 2.35. The molecular formula is C5H5ClN2O2. The van der Waals surface area contributed by atoms with Crippen LogP contribution in [0.3, 0.4) is 0 Å². The topological polar surface area (TPSA) is 56.0 Å². The van der Waals surface area contributed by atoms with E-state index in [1.54, 1.807) is 0 Å². The highest BCUT2D eigenvalue weighted by Crippen LogP contribution is 2.05. The molecule has 0 N–H and O–H groups in total. The van der Waals surface area contributed by atoms with Gasteiger partial charge < -0.3 is 0 Å². The van der Waals surface area contributed by atoms with Crippen molar-refractivity contribution in [1.29, 1.82) is 0 Å². The number of hydrogen-bond acceptors (Lipinski definition) is 3. The molecule has 4 nitrogen and oxygen atoms in total. The maximum absolute atomic E-state index is 9.98. The smallest absolute Gasteiger partial charge is 0.264 e. The van der Waals surface area contributed by atoms with Crippen molar-refractivity contribution >= 4 is 18.1 Å². The number of halogens is 1. The third-order valence-electron chi connectivity index (χ3n) is 0.874. The molecule has 1 rings (SSSR count). The zero-order valence-corrected chi connectivity index (χ0v) is 5.75. The lowest BCUT2D eigenvalue weighted by Crippen LogP contribution is -1.85. The Kier molecular flexibility index (Phi) is 3.35. The molecule has 0 amide bonds. The van der Waals surface area contributed by atoms with Crippen LogP contribution in [0.25, 0.3) is 0 Å². The lowest BCUT2D eigenvalue weighted by atomic mass is 10.4. The minimum absolute atomic E-state index is 0. The van der Waals surface area contributed by atoms with Crippen molar-refractivity contribution in [3.63, 3.8) is 0 Å². The molecule has 10 heavy (non-hydrogen) atoms. The number of hydrogen-bond donors (Lipinski definition) is 0. The Morgan fingerprint density at radius 3 is 2.20 bits per heavy atom. The maximum Gasteiger partial charge on any atom is 0.272 e. The zero-order valence-electron chi connectivity index (χ0n) is 4.93. The Hall–Kier alpha value is -1.16. The first-order valence-corrected chi connectivity index (χ1v) is 2.35. The van der Waals surface area contributed by atoms with Crippen LogP contribution in [-0.2, 0) is 0 Å². The van der Waals surface area contributed by atoms with Gasteiger partial charge in [-0.3, -0.25) is 15.1 Å². The van der Waals surface area contributed by atoms with Gasteiger partial charge in [0.25, 0.3) is 5.69 Å². The van der Waals surface area contributed by atoms with E-state index in [2.05, 4.69) is 4.98 Å². The highest BCUT2D eigenvalue weighted by atomic mass is 35.5. The van der Waals surface area contributed by atoms with Crippen molar-refractivity contribution in [3.8, 4) is 0 Å². The number of aromatic nitrogens is 1. The van der Waals surface area contributed by atoms with Crippen LogP contribution in [0, 0.1) is 10.1 Å². The number of pyridine rings is 1. The second kappa shape index (κ2) is 3.79. The number of nitro groups is 1. The second-order valence-corrected chi connectivity index (χ2v) is 1.46.